The molecule has 0 aliphatic carbocycles. The van der Waals surface area contributed by atoms with Crippen LogP contribution in [0, 0.1) is 18.3 Å². The summed E-state index contributed by atoms with van der Waals surface area (Å²) in [5.41, 5.74) is 5.42. The molecule has 1 aromatic carbocycles. The van der Waals surface area contributed by atoms with Crippen molar-refractivity contribution in [1.82, 2.24) is 20.2 Å². The number of nitrogens with one attached hydrogen (secondary N) is 1. The third-order valence-corrected chi connectivity index (χ3v) is 6.81. The Hall–Kier alpha value is -2.41. The molecule has 32 heavy (non-hydrogen) atoms. The number of halogens is 2. The van der Waals surface area contributed by atoms with Crippen LogP contribution in [0.15, 0.2) is 30.3 Å². The normalized spacial score (nSPS) is 14.3. The quantitative estimate of drug-likeness (QED) is 0.544. The molecule has 0 saturated carbocycles. The zero-order valence-electron chi connectivity index (χ0n) is 17.4. The third kappa shape index (κ3) is 4.82. The zero-order chi connectivity index (χ0) is 22.7. The van der Waals surface area contributed by atoms with Crippen molar-refractivity contribution in [3.8, 4) is 22.3 Å². The number of hydrazine groups is 1. The molecule has 2 aromatic heterocycles. The molecule has 0 unspecified atom stereocenters. The van der Waals surface area contributed by atoms with Gasteiger partial charge in [0.15, 0.2) is 5.69 Å². The predicted octanol–water partition coefficient (Wildman–Crippen LogP) is 4.65. The van der Waals surface area contributed by atoms with Crippen LogP contribution in [0.25, 0.3) is 16.3 Å². The van der Waals surface area contributed by atoms with E-state index in [2.05, 4.69) is 16.6 Å². The van der Waals surface area contributed by atoms with E-state index in [1.165, 1.54) is 0 Å². The van der Waals surface area contributed by atoms with Crippen molar-refractivity contribution in [3.05, 3.63) is 56.5 Å². The van der Waals surface area contributed by atoms with Gasteiger partial charge in [0.05, 0.1) is 40.6 Å². The summed E-state index contributed by atoms with van der Waals surface area (Å²) in [7, 11) is 0. The Bertz CT molecular complexity index is 1180. The Morgan fingerprint density at radius 3 is 2.78 bits per heavy atom. The number of carbonyl (C=O) groups excluding carboxylic acids is 1. The number of rotatable bonds is 6. The first-order chi connectivity index (χ1) is 15.5. The van der Waals surface area contributed by atoms with Crippen molar-refractivity contribution < 1.29 is 9.53 Å². The summed E-state index contributed by atoms with van der Waals surface area (Å²) in [6.45, 7) is 4.26. The average molecular weight is 490 g/mol. The van der Waals surface area contributed by atoms with Gasteiger partial charge in [-0.1, -0.05) is 23.2 Å². The smallest absolute Gasteiger partial charge is 0.286 e. The van der Waals surface area contributed by atoms with Gasteiger partial charge in [-0.3, -0.25) is 10.2 Å². The number of amides is 1. The number of aryl methyl sites for hydroxylation is 1. The van der Waals surface area contributed by atoms with Crippen molar-refractivity contribution in [3.63, 3.8) is 0 Å². The van der Waals surface area contributed by atoms with Gasteiger partial charge in [0.2, 0.25) is 0 Å². The largest absolute Gasteiger partial charge is 0.379 e. The van der Waals surface area contributed by atoms with Crippen LogP contribution in [0.4, 0.5) is 0 Å². The van der Waals surface area contributed by atoms with E-state index in [-0.39, 0.29) is 5.91 Å². The molecule has 1 N–H and O–H groups in total. The molecule has 7 nitrogen and oxygen atoms in total. The summed E-state index contributed by atoms with van der Waals surface area (Å²) in [6, 6.07) is 11.4. The number of thiophene rings is 1. The van der Waals surface area contributed by atoms with E-state index in [0.717, 1.165) is 21.0 Å². The Morgan fingerprint density at radius 1 is 1.28 bits per heavy atom. The zero-order valence-corrected chi connectivity index (χ0v) is 19.7. The van der Waals surface area contributed by atoms with Crippen LogP contribution in [0.3, 0.4) is 0 Å². The lowest BCUT2D eigenvalue weighted by molar-refractivity contribution is 0.0124. The lowest BCUT2D eigenvalue weighted by Crippen LogP contribution is -2.48. The number of carbonyl (C=O) groups is 1. The number of benzene rings is 1. The molecule has 0 atom stereocenters. The number of nitrogens with zero attached hydrogens (tertiary/aromatic N) is 4. The Morgan fingerprint density at radius 2 is 2.06 bits per heavy atom. The number of hydrogen-bond acceptors (Lipinski definition) is 6. The van der Waals surface area contributed by atoms with Gasteiger partial charge in [0, 0.05) is 35.0 Å². The van der Waals surface area contributed by atoms with E-state index >= 15 is 0 Å². The van der Waals surface area contributed by atoms with Crippen LogP contribution < -0.4 is 5.43 Å². The topological polar surface area (TPSA) is 83.2 Å². The molecule has 0 bridgehead atoms. The lowest BCUT2D eigenvalue weighted by atomic mass is 10.1. The number of nitriles is 1. The van der Waals surface area contributed by atoms with E-state index in [4.69, 9.17) is 33.2 Å². The van der Waals surface area contributed by atoms with Gasteiger partial charge in [0.25, 0.3) is 5.91 Å². The van der Waals surface area contributed by atoms with Gasteiger partial charge >= 0.3 is 0 Å². The molecule has 1 fully saturated rings. The molecule has 1 saturated heterocycles. The maximum absolute atomic E-state index is 13.1. The van der Waals surface area contributed by atoms with Crippen LogP contribution in [0.1, 0.15) is 27.3 Å². The fourth-order valence-electron chi connectivity index (χ4n) is 3.52. The summed E-state index contributed by atoms with van der Waals surface area (Å²) in [5.74, 6) is -0.282. The molecule has 0 spiro atoms. The lowest BCUT2D eigenvalue weighted by Gasteiger charge is -2.26. The first-order valence-electron chi connectivity index (χ1n) is 10.1. The van der Waals surface area contributed by atoms with Crippen LogP contribution in [-0.2, 0) is 11.2 Å². The minimum absolute atomic E-state index is 0.282. The fourth-order valence-corrected chi connectivity index (χ4v) is 5.10. The molecule has 1 amide bonds. The van der Waals surface area contributed by atoms with E-state index in [1.54, 1.807) is 34.2 Å². The summed E-state index contributed by atoms with van der Waals surface area (Å²) in [4.78, 5) is 15.1. The highest BCUT2D eigenvalue weighted by Gasteiger charge is 2.25. The SMILES string of the molecule is Cc1c(C(=O)NN2CCOCC2)nn(-c2ccc(Cl)cc2Cl)c1-c1ccc(CCC#N)s1. The highest BCUT2D eigenvalue weighted by Crippen LogP contribution is 2.36. The second-order valence-electron chi connectivity index (χ2n) is 7.29. The second-order valence-corrected chi connectivity index (χ2v) is 9.31. The van der Waals surface area contributed by atoms with Crippen molar-refractivity contribution >= 4 is 40.4 Å². The highest BCUT2D eigenvalue weighted by atomic mass is 35.5. The predicted molar refractivity (Wildman–Crippen MR) is 125 cm³/mol. The average Bonchev–Trinajstić information content (AvgIpc) is 3.37. The molecule has 3 heterocycles. The highest BCUT2D eigenvalue weighted by molar-refractivity contribution is 7.15. The van der Waals surface area contributed by atoms with Gasteiger partial charge in [-0.25, -0.2) is 9.69 Å². The van der Waals surface area contributed by atoms with Gasteiger partial charge in [-0.2, -0.15) is 10.4 Å². The van der Waals surface area contributed by atoms with Crippen LogP contribution in [-0.4, -0.2) is 47.0 Å². The Balaban J connectivity index is 1.76. The number of morpholine rings is 1. The van der Waals surface area contributed by atoms with Crippen molar-refractivity contribution in [2.24, 2.45) is 0 Å². The monoisotopic (exact) mass is 489 g/mol. The van der Waals surface area contributed by atoms with Crippen LogP contribution in [0.2, 0.25) is 10.0 Å². The number of hydrogen-bond donors (Lipinski definition) is 1. The van der Waals surface area contributed by atoms with Crippen LogP contribution in [0.5, 0.6) is 0 Å². The fraction of sp³-hybridized carbons (Fsp3) is 0.318. The summed E-state index contributed by atoms with van der Waals surface area (Å²) in [5, 5.41) is 16.3. The van der Waals surface area contributed by atoms with Gasteiger partial charge in [-0.15, -0.1) is 11.3 Å². The van der Waals surface area contributed by atoms with E-state index < -0.39 is 0 Å². The van der Waals surface area contributed by atoms with Crippen molar-refractivity contribution in [2.45, 2.75) is 19.8 Å². The first kappa shape index (κ1) is 22.8. The second kappa shape index (κ2) is 10.0. The molecular formula is C22H21Cl2N5O2S. The third-order valence-electron chi connectivity index (χ3n) is 5.12. The van der Waals surface area contributed by atoms with E-state index in [0.29, 0.717) is 60.6 Å². The number of ether oxygens (including phenoxy) is 1. The molecule has 166 valence electrons. The molecule has 1 aliphatic heterocycles. The standard InChI is InChI=1S/C22H21Cl2N5O2S/c1-14-20(22(30)27-28-9-11-31-12-10-28)26-29(18-6-4-15(23)13-17(18)24)21(14)19-7-5-16(32-19)3-2-8-25/h4-7,13H,2-3,9-12H2,1H3,(H,27,30). The van der Waals surface area contributed by atoms with Crippen molar-refractivity contribution in [1.29, 1.82) is 5.26 Å². The van der Waals surface area contributed by atoms with Crippen LogP contribution >= 0.6 is 34.5 Å². The minimum atomic E-state index is -0.282. The maximum atomic E-state index is 13.1. The van der Waals surface area contributed by atoms with Crippen molar-refractivity contribution in [2.75, 3.05) is 26.3 Å². The molecule has 10 heteroatoms. The summed E-state index contributed by atoms with van der Waals surface area (Å²) < 4.78 is 7.04. The molecular weight excluding hydrogens is 469 g/mol. The Kier molecular flexibility index (Phi) is 7.13. The Labute approximate surface area is 200 Å². The van der Waals surface area contributed by atoms with E-state index in [1.807, 2.05) is 24.1 Å². The summed E-state index contributed by atoms with van der Waals surface area (Å²) >= 11 is 14.2. The number of aromatic nitrogens is 2. The summed E-state index contributed by atoms with van der Waals surface area (Å²) in [6.07, 6.45) is 1.13. The minimum Gasteiger partial charge on any atom is -0.379 e. The van der Waals surface area contributed by atoms with Gasteiger partial charge in [0.1, 0.15) is 0 Å². The maximum Gasteiger partial charge on any atom is 0.286 e. The molecule has 3 aromatic rings. The first-order valence-corrected chi connectivity index (χ1v) is 11.7. The molecule has 0 radical (unpaired) electrons. The van der Waals surface area contributed by atoms with Gasteiger partial charge in [-0.05, 0) is 43.7 Å². The van der Waals surface area contributed by atoms with Gasteiger partial charge < -0.3 is 4.74 Å². The molecule has 4 rings (SSSR count). The molecule has 1 aliphatic rings. The van der Waals surface area contributed by atoms with E-state index in [9.17, 15) is 4.79 Å².